The summed E-state index contributed by atoms with van der Waals surface area (Å²) in [6.07, 6.45) is -2.56. The van der Waals surface area contributed by atoms with Gasteiger partial charge in [0.05, 0.1) is 0 Å². The van der Waals surface area contributed by atoms with Crippen LogP contribution in [0.2, 0.25) is 0 Å². The van der Waals surface area contributed by atoms with Crippen LogP contribution in [0.4, 0.5) is 8.78 Å². The van der Waals surface area contributed by atoms with Crippen molar-refractivity contribution in [3.63, 3.8) is 0 Å². The quantitative estimate of drug-likeness (QED) is 0.426. The number of alkyl halides is 3. The van der Waals surface area contributed by atoms with Crippen molar-refractivity contribution in [2.75, 3.05) is 0 Å². The van der Waals surface area contributed by atoms with Gasteiger partial charge in [0, 0.05) is 9.45 Å². The Labute approximate surface area is 101 Å². The average Bonchev–Trinajstić information content (AvgIpc) is 2.08. The monoisotopic (exact) mass is 381 g/mol. The van der Waals surface area contributed by atoms with Crippen molar-refractivity contribution >= 4 is 50.1 Å². The Morgan fingerprint density at radius 2 is 2.23 bits per heavy atom. The SMILES string of the molecule is FC(F)c1nc(Br)cc(CCl)c1I. The van der Waals surface area contributed by atoms with Gasteiger partial charge in [-0.15, -0.1) is 11.6 Å². The molecule has 1 aromatic rings. The number of halogens is 5. The van der Waals surface area contributed by atoms with Crippen molar-refractivity contribution in [3.8, 4) is 0 Å². The van der Waals surface area contributed by atoms with Crippen LogP contribution < -0.4 is 0 Å². The highest BCUT2D eigenvalue weighted by atomic mass is 127. The van der Waals surface area contributed by atoms with Crippen LogP contribution in [-0.4, -0.2) is 4.98 Å². The second-order valence-corrected chi connectivity index (χ2v) is 4.40. The summed E-state index contributed by atoms with van der Waals surface area (Å²) in [5, 5.41) is 0. The summed E-state index contributed by atoms with van der Waals surface area (Å²) in [5.74, 6) is 0.207. The van der Waals surface area contributed by atoms with Gasteiger partial charge in [0.1, 0.15) is 10.3 Å². The maximum Gasteiger partial charge on any atom is 0.281 e. The number of hydrogen-bond acceptors (Lipinski definition) is 1. The normalized spacial score (nSPS) is 10.9. The summed E-state index contributed by atoms with van der Waals surface area (Å²) >= 11 is 10.5. The van der Waals surface area contributed by atoms with Crippen LogP contribution in [0, 0.1) is 3.57 Å². The van der Waals surface area contributed by atoms with Gasteiger partial charge >= 0.3 is 0 Å². The smallest absolute Gasteiger partial charge is 0.239 e. The van der Waals surface area contributed by atoms with Gasteiger partial charge in [-0.2, -0.15) is 0 Å². The first-order chi connectivity index (χ1) is 6.06. The van der Waals surface area contributed by atoms with Crippen molar-refractivity contribution in [1.29, 1.82) is 0 Å². The van der Waals surface area contributed by atoms with Crippen LogP contribution >= 0.6 is 50.1 Å². The Hall–Kier alpha value is 0.510. The molecule has 0 unspecified atom stereocenters. The van der Waals surface area contributed by atoms with E-state index in [1.54, 1.807) is 6.07 Å². The Balaban J connectivity index is 3.27. The summed E-state index contributed by atoms with van der Waals surface area (Å²) in [6, 6.07) is 1.64. The molecule has 0 saturated carbocycles. The molecule has 1 heterocycles. The number of pyridine rings is 1. The van der Waals surface area contributed by atoms with Gasteiger partial charge in [-0.05, 0) is 50.2 Å². The van der Waals surface area contributed by atoms with Gasteiger partial charge in [0.2, 0.25) is 0 Å². The number of aromatic nitrogens is 1. The lowest BCUT2D eigenvalue weighted by atomic mass is 10.2. The van der Waals surface area contributed by atoms with Crippen LogP contribution in [0.5, 0.6) is 0 Å². The van der Waals surface area contributed by atoms with Crippen molar-refractivity contribution in [1.82, 2.24) is 4.98 Å². The molecule has 0 aliphatic rings. The fourth-order valence-electron chi connectivity index (χ4n) is 0.810. The van der Waals surface area contributed by atoms with Gasteiger partial charge in [-0.25, -0.2) is 13.8 Å². The van der Waals surface area contributed by atoms with Gasteiger partial charge in [-0.3, -0.25) is 0 Å². The lowest BCUT2D eigenvalue weighted by Gasteiger charge is -2.06. The van der Waals surface area contributed by atoms with Gasteiger partial charge in [0.15, 0.2) is 0 Å². The summed E-state index contributed by atoms with van der Waals surface area (Å²) in [4.78, 5) is 3.68. The molecule has 72 valence electrons. The van der Waals surface area contributed by atoms with E-state index < -0.39 is 6.43 Å². The van der Waals surface area contributed by atoms with E-state index >= 15 is 0 Å². The van der Waals surface area contributed by atoms with Crippen molar-refractivity contribution in [2.45, 2.75) is 12.3 Å². The van der Waals surface area contributed by atoms with Crippen LogP contribution in [0.25, 0.3) is 0 Å². The zero-order chi connectivity index (χ0) is 10.0. The van der Waals surface area contributed by atoms with Crippen LogP contribution in [0.3, 0.4) is 0 Å². The van der Waals surface area contributed by atoms with E-state index in [9.17, 15) is 8.78 Å². The van der Waals surface area contributed by atoms with E-state index in [0.29, 0.717) is 13.7 Å². The second-order valence-electron chi connectivity index (χ2n) is 2.24. The van der Waals surface area contributed by atoms with Crippen molar-refractivity contribution < 1.29 is 8.78 Å². The molecule has 0 aliphatic heterocycles. The molecule has 0 aromatic carbocycles. The van der Waals surface area contributed by atoms with E-state index in [4.69, 9.17) is 11.6 Å². The molecule has 0 aliphatic carbocycles. The summed E-state index contributed by atoms with van der Waals surface area (Å²) in [6.45, 7) is 0. The van der Waals surface area contributed by atoms with Crippen molar-refractivity contribution in [3.05, 3.63) is 25.5 Å². The first kappa shape index (κ1) is 11.6. The highest BCUT2D eigenvalue weighted by molar-refractivity contribution is 14.1. The molecule has 1 rings (SSSR count). The predicted molar refractivity (Wildman–Crippen MR) is 59.2 cm³/mol. The first-order valence-corrected chi connectivity index (χ1v) is 5.65. The third-order valence-corrected chi connectivity index (χ3v) is 3.32. The van der Waals surface area contributed by atoms with E-state index in [2.05, 4.69) is 20.9 Å². The summed E-state index contributed by atoms with van der Waals surface area (Å²) < 4.78 is 25.6. The lowest BCUT2D eigenvalue weighted by molar-refractivity contribution is 0.144. The number of hydrogen-bond donors (Lipinski definition) is 0. The van der Waals surface area contributed by atoms with E-state index in [-0.39, 0.29) is 11.6 Å². The highest BCUT2D eigenvalue weighted by Crippen LogP contribution is 2.28. The second kappa shape index (κ2) is 4.84. The molecule has 13 heavy (non-hydrogen) atoms. The molecule has 0 N–H and O–H groups in total. The molecule has 1 aromatic heterocycles. The van der Waals surface area contributed by atoms with Crippen LogP contribution in [0.15, 0.2) is 10.7 Å². The molecule has 1 nitrogen and oxygen atoms in total. The first-order valence-electron chi connectivity index (χ1n) is 3.25. The van der Waals surface area contributed by atoms with Crippen molar-refractivity contribution in [2.24, 2.45) is 0 Å². The maximum absolute atomic E-state index is 12.4. The topological polar surface area (TPSA) is 12.9 Å². The molecule has 0 saturated heterocycles. The predicted octanol–water partition coefficient (Wildman–Crippen LogP) is 4.13. The molecular weight excluding hydrogens is 378 g/mol. The summed E-state index contributed by atoms with van der Waals surface area (Å²) in [7, 11) is 0. The lowest BCUT2D eigenvalue weighted by Crippen LogP contribution is -1.99. The third-order valence-electron chi connectivity index (χ3n) is 1.38. The highest BCUT2D eigenvalue weighted by Gasteiger charge is 2.16. The van der Waals surface area contributed by atoms with Gasteiger partial charge in [0.25, 0.3) is 6.43 Å². The third kappa shape index (κ3) is 2.73. The number of rotatable bonds is 2. The molecular formula is C7H4BrClF2IN. The Bertz CT molecular complexity index is 322. The van der Waals surface area contributed by atoms with Gasteiger partial charge < -0.3 is 0 Å². The standard InChI is InChI=1S/C7H4BrClF2IN/c8-4-1-3(2-9)5(12)6(13-4)7(10)11/h1,7H,2H2. The Morgan fingerprint density at radius 1 is 1.62 bits per heavy atom. The summed E-state index contributed by atoms with van der Waals surface area (Å²) in [5.41, 5.74) is 0.449. The molecule has 0 bridgehead atoms. The molecule has 0 fully saturated rings. The number of nitrogens with zero attached hydrogens (tertiary/aromatic N) is 1. The van der Waals surface area contributed by atoms with E-state index in [0.717, 1.165) is 0 Å². The minimum absolute atomic E-state index is 0.207. The fraction of sp³-hybridized carbons (Fsp3) is 0.286. The molecule has 0 atom stereocenters. The zero-order valence-electron chi connectivity index (χ0n) is 6.20. The maximum atomic E-state index is 12.4. The minimum atomic E-state index is -2.56. The molecule has 0 amide bonds. The fourth-order valence-corrected chi connectivity index (χ4v) is 2.42. The molecule has 6 heteroatoms. The van der Waals surface area contributed by atoms with Crippen LogP contribution in [-0.2, 0) is 5.88 Å². The molecule has 0 spiro atoms. The Kier molecular flexibility index (Phi) is 4.31. The van der Waals surface area contributed by atoms with E-state index in [1.165, 1.54) is 0 Å². The van der Waals surface area contributed by atoms with Crippen LogP contribution in [0.1, 0.15) is 17.7 Å². The Morgan fingerprint density at radius 3 is 2.69 bits per heavy atom. The average molecular weight is 382 g/mol. The van der Waals surface area contributed by atoms with Gasteiger partial charge in [-0.1, -0.05) is 0 Å². The van der Waals surface area contributed by atoms with E-state index in [1.807, 2.05) is 22.6 Å². The largest absolute Gasteiger partial charge is 0.281 e. The zero-order valence-corrected chi connectivity index (χ0v) is 10.7. The minimum Gasteiger partial charge on any atom is -0.239 e. The molecule has 0 radical (unpaired) electrons.